The van der Waals surface area contributed by atoms with Gasteiger partial charge in [0.05, 0.1) is 0 Å². The van der Waals surface area contributed by atoms with Crippen LogP contribution < -0.4 is 5.73 Å². The van der Waals surface area contributed by atoms with E-state index in [2.05, 4.69) is 9.97 Å². The number of pyridine rings is 1. The molecule has 0 aliphatic carbocycles. The van der Waals surface area contributed by atoms with Crippen molar-refractivity contribution in [2.75, 3.05) is 0 Å². The van der Waals surface area contributed by atoms with Gasteiger partial charge in [0, 0.05) is 23.8 Å². The van der Waals surface area contributed by atoms with Gasteiger partial charge < -0.3 is 5.73 Å². The largest absolute Gasteiger partial charge is 0.324 e. The molecule has 2 heterocycles. The first-order chi connectivity index (χ1) is 7.25. The van der Waals surface area contributed by atoms with Crippen molar-refractivity contribution in [1.82, 2.24) is 9.97 Å². The Kier molecular flexibility index (Phi) is 3.35. The Balaban J connectivity index is 2.18. The van der Waals surface area contributed by atoms with Crippen LogP contribution in [0.15, 0.2) is 39.3 Å². The summed E-state index contributed by atoms with van der Waals surface area (Å²) in [6, 6.07) is 4.00. The molecular formula is C10H11N3S2. The van der Waals surface area contributed by atoms with Crippen molar-refractivity contribution in [3.05, 3.63) is 35.5 Å². The van der Waals surface area contributed by atoms with Gasteiger partial charge in [-0.15, -0.1) is 11.3 Å². The van der Waals surface area contributed by atoms with Crippen molar-refractivity contribution in [3.63, 3.8) is 0 Å². The lowest BCUT2D eigenvalue weighted by Crippen LogP contribution is -2.04. The van der Waals surface area contributed by atoms with Crippen molar-refractivity contribution in [2.45, 2.75) is 22.3 Å². The fourth-order valence-corrected chi connectivity index (χ4v) is 2.69. The molecule has 0 fully saturated rings. The van der Waals surface area contributed by atoms with Crippen LogP contribution in [-0.2, 0) is 0 Å². The third kappa shape index (κ3) is 2.77. The molecule has 0 radical (unpaired) electrons. The number of nitrogens with two attached hydrogens (primary N) is 1. The summed E-state index contributed by atoms with van der Waals surface area (Å²) in [5.41, 5.74) is 6.91. The van der Waals surface area contributed by atoms with Crippen molar-refractivity contribution in [1.29, 1.82) is 0 Å². The Morgan fingerprint density at radius 3 is 2.93 bits per heavy atom. The number of hydrogen-bond acceptors (Lipinski definition) is 5. The first-order valence-corrected chi connectivity index (χ1v) is 6.24. The summed E-state index contributed by atoms with van der Waals surface area (Å²) in [4.78, 5) is 8.47. The Morgan fingerprint density at radius 1 is 1.40 bits per heavy atom. The smallest absolute Gasteiger partial charge is 0.156 e. The molecule has 5 heteroatoms. The van der Waals surface area contributed by atoms with E-state index in [0.29, 0.717) is 0 Å². The minimum absolute atomic E-state index is 0.0450. The first-order valence-electron chi connectivity index (χ1n) is 4.54. The van der Waals surface area contributed by atoms with E-state index >= 15 is 0 Å². The maximum absolute atomic E-state index is 5.81. The SMILES string of the molecule is C[C@H](N)c1ccnc(Sc2nccs2)c1. The molecule has 0 bridgehead atoms. The molecule has 2 aromatic rings. The van der Waals surface area contributed by atoms with Crippen molar-refractivity contribution < 1.29 is 0 Å². The summed E-state index contributed by atoms with van der Waals surface area (Å²) in [6.07, 6.45) is 3.58. The summed E-state index contributed by atoms with van der Waals surface area (Å²) in [6.45, 7) is 1.97. The van der Waals surface area contributed by atoms with Crippen LogP contribution in [0.5, 0.6) is 0 Å². The molecule has 0 aromatic carbocycles. The molecule has 0 spiro atoms. The molecule has 2 aromatic heterocycles. The van der Waals surface area contributed by atoms with Gasteiger partial charge in [0.15, 0.2) is 4.34 Å². The summed E-state index contributed by atoms with van der Waals surface area (Å²) >= 11 is 3.18. The number of hydrogen-bond donors (Lipinski definition) is 1. The molecule has 15 heavy (non-hydrogen) atoms. The zero-order valence-electron chi connectivity index (χ0n) is 8.25. The Morgan fingerprint density at radius 2 is 2.27 bits per heavy atom. The highest BCUT2D eigenvalue weighted by molar-refractivity contribution is 8.00. The van der Waals surface area contributed by atoms with E-state index in [9.17, 15) is 0 Å². The molecule has 0 unspecified atom stereocenters. The minimum atomic E-state index is 0.0450. The minimum Gasteiger partial charge on any atom is -0.324 e. The molecule has 1 atom stereocenters. The molecule has 3 nitrogen and oxygen atoms in total. The monoisotopic (exact) mass is 237 g/mol. The fraction of sp³-hybridized carbons (Fsp3) is 0.200. The second-order valence-corrected chi connectivity index (χ2v) is 5.28. The van der Waals surface area contributed by atoms with Gasteiger partial charge in [0.1, 0.15) is 5.03 Å². The summed E-state index contributed by atoms with van der Waals surface area (Å²) in [7, 11) is 0. The number of rotatable bonds is 3. The quantitative estimate of drug-likeness (QED) is 0.891. The normalized spacial score (nSPS) is 12.7. The highest BCUT2D eigenvalue weighted by Crippen LogP contribution is 2.28. The van der Waals surface area contributed by atoms with Crippen LogP contribution in [0.3, 0.4) is 0 Å². The van der Waals surface area contributed by atoms with Crippen LogP contribution in [0.1, 0.15) is 18.5 Å². The van der Waals surface area contributed by atoms with Gasteiger partial charge in [-0.3, -0.25) is 0 Å². The fourth-order valence-electron chi connectivity index (χ4n) is 1.11. The van der Waals surface area contributed by atoms with E-state index in [4.69, 9.17) is 5.73 Å². The van der Waals surface area contributed by atoms with E-state index in [-0.39, 0.29) is 6.04 Å². The molecule has 0 saturated heterocycles. The van der Waals surface area contributed by atoms with Crippen LogP contribution in [0, 0.1) is 0 Å². The highest BCUT2D eigenvalue weighted by Gasteiger charge is 2.04. The van der Waals surface area contributed by atoms with Crippen LogP contribution in [0.4, 0.5) is 0 Å². The van der Waals surface area contributed by atoms with Gasteiger partial charge in [-0.2, -0.15) is 0 Å². The van der Waals surface area contributed by atoms with Gasteiger partial charge in [0.25, 0.3) is 0 Å². The summed E-state index contributed by atoms with van der Waals surface area (Å²) in [5, 5.41) is 2.90. The van der Waals surface area contributed by atoms with Gasteiger partial charge >= 0.3 is 0 Å². The lowest BCUT2D eigenvalue weighted by molar-refractivity contribution is 0.808. The number of aromatic nitrogens is 2. The van der Waals surface area contributed by atoms with Crippen LogP contribution >= 0.6 is 23.1 Å². The van der Waals surface area contributed by atoms with Gasteiger partial charge in [0.2, 0.25) is 0 Å². The van der Waals surface area contributed by atoms with Crippen molar-refractivity contribution in [2.24, 2.45) is 5.73 Å². The Hall–Kier alpha value is -0.910. The highest BCUT2D eigenvalue weighted by atomic mass is 32.2. The molecule has 0 aliphatic rings. The Bertz CT molecular complexity index is 426. The average molecular weight is 237 g/mol. The first kappa shape index (κ1) is 10.6. The molecule has 0 saturated carbocycles. The zero-order chi connectivity index (χ0) is 10.7. The van der Waals surface area contributed by atoms with Gasteiger partial charge in [-0.05, 0) is 36.4 Å². The number of thiazole rings is 1. The van der Waals surface area contributed by atoms with E-state index in [0.717, 1.165) is 14.9 Å². The lowest BCUT2D eigenvalue weighted by atomic mass is 10.1. The predicted octanol–water partition coefficient (Wildman–Crippen LogP) is 2.71. The predicted molar refractivity (Wildman–Crippen MR) is 63.1 cm³/mol. The van der Waals surface area contributed by atoms with E-state index in [1.807, 2.05) is 24.4 Å². The maximum Gasteiger partial charge on any atom is 0.156 e. The second kappa shape index (κ2) is 4.74. The van der Waals surface area contributed by atoms with Crippen LogP contribution in [0.2, 0.25) is 0 Å². The van der Waals surface area contributed by atoms with Crippen LogP contribution in [0.25, 0.3) is 0 Å². The molecule has 78 valence electrons. The van der Waals surface area contributed by atoms with E-state index in [1.165, 1.54) is 0 Å². The van der Waals surface area contributed by atoms with E-state index in [1.54, 1.807) is 35.5 Å². The third-order valence-corrected chi connectivity index (χ3v) is 3.70. The molecule has 2 rings (SSSR count). The second-order valence-electron chi connectivity index (χ2n) is 3.12. The van der Waals surface area contributed by atoms with Crippen LogP contribution in [-0.4, -0.2) is 9.97 Å². The van der Waals surface area contributed by atoms with Gasteiger partial charge in [-0.1, -0.05) is 0 Å². The Labute approximate surface area is 96.8 Å². The summed E-state index contributed by atoms with van der Waals surface area (Å²) in [5.74, 6) is 0. The third-order valence-electron chi connectivity index (χ3n) is 1.89. The summed E-state index contributed by atoms with van der Waals surface area (Å²) < 4.78 is 1.00. The lowest BCUT2D eigenvalue weighted by Gasteiger charge is -2.05. The standard InChI is InChI=1S/C10H11N3S2/c1-7(11)8-2-3-12-9(6-8)15-10-13-4-5-14-10/h2-7H,11H2,1H3/t7-/m0/s1. The zero-order valence-corrected chi connectivity index (χ0v) is 9.89. The molecule has 0 amide bonds. The van der Waals surface area contributed by atoms with Crippen molar-refractivity contribution in [3.8, 4) is 0 Å². The topological polar surface area (TPSA) is 51.8 Å². The van der Waals surface area contributed by atoms with E-state index < -0.39 is 0 Å². The number of nitrogens with zero attached hydrogens (tertiary/aromatic N) is 2. The van der Waals surface area contributed by atoms with Gasteiger partial charge in [-0.25, -0.2) is 9.97 Å². The molecular weight excluding hydrogens is 226 g/mol. The molecule has 2 N–H and O–H groups in total. The molecule has 0 aliphatic heterocycles. The maximum atomic E-state index is 5.81. The van der Waals surface area contributed by atoms with Crippen molar-refractivity contribution >= 4 is 23.1 Å². The average Bonchev–Trinajstić information content (AvgIpc) is 2.71.